The summed E-state index contributed by atoms with van der Waals surface area (Å²) in [5, 5.41) is 10.8. The Kier molecular flexibility index (Phi) is 6.91. The lowest BCUT2D eigenvalue weighted by Crippen LogP contribution is -2.35. The Balaban J connectivity index is 1.90. The molecule has 0 bridgehead atoms. The first-order chi connectivity index (χ1) is 12.0. The lowest BCUT2D eigenvalue weighted by Gasteiger charge is -2.13. The number of hydrogen-bond acceptors (Lipinski definition) is 5. The summed E-state index contributed by atoms with van der Waals surface area (Å²) in [4.78, 5) is 36.1. The minimum Gasteiger partial charge on any atom is -0.480 e. The summed E-state index contributed by atoms with van der Waals surface area (Å²) in [7, 11) is 0. The molecular formula is C17H16N2O4S2. The first-order valence-electron chi connectivity index (χ1n) is 7.43. The number of nitrogens with zero attached hydrogens (tertiary/aromatic N) is 1. The van der Waals surface area contributed by atoms with Crippen molar-refractivity contribution in [1.29, 1.82) is 0 Å². The number of amides is 2. The average Bonchev–Trinajstić information content (AvgIpc) is 2.86. The van der Waals surface area contributed by atoms with Crippen LogP contribution in [0.25, 0.3) is 6.08 Å². The molecular weight excluding hydrogens is 360 g/mol. The van der Waals surface area contributed by atoms with Crippen LogP contribution in [0.1, 0.15) is 12.0 Å². The van der Waals surface area contributed by atoms with Gasteiger partial charge in [-0.3, -0.25) is 19.3 Å². The summed E-state index contributed by atoms with van der Waals surface area (Å²) < 4.78 is 0.385. The van der Waals surface area contributed by atoms with Gasteiger partial charge in [-0.05, 0) is 11.6 Å². The van der Waals surface area contributed by atoms with E-state index in [0.717, 1.165) is 5.56 Å². The van der Waals surface area contributed by atoms with Crippen molar-refractivity contribution in [2.45, 2.75) is 6.42 Å². The minimum atomic E-state index is -1.12. The van der Waals surface area contributed by atoms with Crippen molar-refractivity contribution in [1.82, 2.24) is 10.2 Å². The molecule has 0 aliphatic carbocycles. The summed E-state index contributed by atoms with van der Waals surface area (Å²) in [5.41, 5.74) is 1.02. The lowest BCUT2D eigenvalue weighted by atomic mass is 10.2. The first-order valence-corrected chi connectivity index (χ1v) is 8.65. The van der Waals surface area contributed by atoms with E-state index >= 15 is 0 Å². The fourth-order valence-corrected chi connectivity index (χ4v) is 3.25. The van der Waals surface area contributed by atoms with Crippen molar-refractivity contribution >= 4 is 52.2 Å². The van der Waals surface area contributed by atoms with Gasteiger partial charge in [0, 0.05) is 13.0 Å². The number of carboxylic acid groups (broad SMARTS) is 1. The third kappa shape index (κ3) is 5.84. The molecule has 8 heteroatoms. The van der Waals surface area contributed by atoms with Crippen LogP contribution in [-0.4, -0.2) is 45.2 Å². The molecule has 1 aliphatic heterocycles. The zero-order chi connectivity index (χ0) is 18.2. The van der Waals surface area contributed by atoms with Gasteiger partial charge in [-0.1, -0.05) is 66.5 Å². The lowest BCUT2D eigenvalue weighted by molar-refractivity contribution is -0.138. The molecule has 1 aliphatic rings. The Morgan fingerprint density at radius 3 is 2.68 bits per heavy atom. The molecule has 1 fully saturated rings. The molecule has 0 spiro atoms. The molecule has 0 radical (unpaired) electrons. The Hall–Kier alpha value is -2.45. The van der Waals surface area contributed by atoms with Crippen molar-refractivity contribution in [3.63, 3.8) is 0 Å². The maximum Gasteiger partial charge on any atom is 0.322 e. The third-order valence-electron chi connectivity index (χ3n) is 3.21. The van der Waals surface area contributed by atoms with Gasteiger partial charge in [-0.25, -0.2) is 0 Å². The van der Waals surface area contributed by atoms with Crippen LogP contribution in [-0.2, 0) is 14.4 Å². The predicted molar refractivity (Wildman–Crippen MR) is 101 cm³/mol. The largest absolute Gasteiger partial charge is 0.480 e. The van der Waals surface area contributed by atoms with E-state index in [4.69, 9.17) is 17.3 Å². The van der Waals surface area contributed by atoms with Crippen molar-refractivity contribution in [2.24, 2.45) is 0 Å². The van der Waals surface area contributed by atoms with Gasteiger partial charge < -0.3 is 10.4 Å². The summed E-state index contributed by atoms with van der Waals surface area (Å²) in [6.45, 7) is -0.322. The van der Waals surface area contributed by atoms with Gasteiger partial charge in [0.25, 0.3) is 5.91 Å². The van der Waals surface area contributed by atoms with Crippen LogP contribution in [0.4, 0.5) is 0 Å². The zero-order valence-electron chi connectivity index (χ0n) is 13.2. The number of benzene rings is 1. The van der Waals surface area contributed by atoms with Crippen molar-refractivity contribution < 1.29 is 19.5 Å². The normalized spacial score (nSPS) is 16.0. The summed E-state index contributed by atoms with van der Waals surface area (Å²) >= 11 is 6.35. The van der Waals surface area contributed by atoms with Gasteiger partial charge in [0.1, 0.15) is 10.9 Å². The van der Waals surface area contributed by atoms with E-state index in [2.05, 4.69) is 5.32 Å². The van der Waals surface area contributed by atoms with Crippen LogP contribution >= 0.6 is 24.0 Å². The molecule has 130 valence electrons. The Morgan fingerprint density at radius 2 is 2.00 bits per heavy atom. The molecule has 1 saturated heterocycles. The molecule has 6 nitrogen and oxygen atoms in total. The second kappa shape index (κ2) is 9.14. The molecule has 25 heavy (non-hydrogen) atoms. The number of thiocarbonyl (C=S) groups is 1. The van der Waals surface area contributed by atoms with E-state index in [0.29, 0.717) is 9.23 Å². The van der Waals surface area contributed by atoms with Crippen LogP contribution in [0, 0.1) is 0 Å². The smallest absolute Gasteiger partial charge is 0.322 e. The summed E-state index contributed by atoms with van der Waals surface area (Å²) in [6, 6.07) is 9.68. The van der Waals surface area contributed by atoms with Crippen LogP contribution in [0.15, 0.2) is 47.4 Å². The van der Waals surface area contributed by atoms with Crippen LogP contribution in [0.5, 0.6) is 0 Å². The highest BCUT2D eigenvalue weighted by Crippen LogP contribution is 2.31. The second-order valence-electron chi connectivity index (χ2n) is 5.05. The number of aliphatic carboxylic acids is 1. The van der Waals surface area contributed by atoms with Gasteiger partial charge in [-0.15, -0.1) is 0 Å². The number of thioether (sulfide) groups is 1. The van der Waals surface area contributed by atoms with Gasteiger partial charge in [0.15, 0.2) is 0 Å². The topological polar surface area (TPSA) is 86.7 Å². The SMILES string of the molecule is O=C(O)CNC(=O)CCN1C(=O)C(=CC=Cc2ccccc2)SC1=S. The zero-order valence-corrected chi connectivity index (χ0v) is 14.8. The molecule has 2 rings (SSSR count). The van der Waals surface area contributed by atoms with Gasteiger partial charge >= 0.3 is 5.97 Å². The van der Waals surface area contributed by atoms with E-state index in [1.807, 2.05) is 36.4 Å². The second-order valence-corrected chi connectivity index (χ2v) is 6.72. The fraction of sp³-hybridized carbons (Fsp3) is 0.176. The molecule has 2 amide bonds. The highest BCUT2D eigenvalue weighted by molar-refractivity contribution is 8.26. The van der Waals surface area contributed by atoms with E-state index < -0.39 is 18.4 Å². The van der Waals surface area contributed by atoms with Crippen molar-refractivity contribution in [3.8, 4) is 0 Å². The standard InChI is InChI=1S/C17H16N2O4S2/c20-14(18-11-15(21)22)9-10-19-16(23)13(25-17(19)24)8-4-7-12-5-2-1-3-6-12/h1-8H,9-11H2,(H,18,20)(H,21,22). The number of nitrogens with one attached hydrogen (secondary N) is 1. The molecule has 0 aromatic heterocycles. The van der Waals surface area contributed by atoms with E-state index in [-0.39, 0.29) is 18.9 Å². The highest BCUT2D eigenvalue weighted by atomic mass is 32.2. The van der Waals surface area contributed by atoms with Crippen LogP contribution in [0.3, 0.4) is 0 Å². The maximum atomic E-state index is 12.3. The number of allylic oxidation sites excluding steroid dienone is 2. The van der Waals surface area contributed by atoms with E-state index in [9.17, 15) is 14.4 Å². The monoisotopic (exact) mass is 376 g/mol. The van der Waals surface area contributed by atoms with Gasteiger partial charge in [-0.2, -0.15) is 0 Å². The quantitative estimate of drug-likeness (QED) is 0.559. The minimum absolute atomic E-state index is 0.00709. The average molecular weight is 376 g/mol. The first kappa shape index (κ1) is 18.9. The third-order valence-corrected chi connectivity index (χ3v) is 4.60. The number of hydrogen-bond donors (Lipinski definition) is 2. The molecule has 2 N–H and O–H groups in total. The van der Waals surface area contributed by atoms with Gasteiger partial charge in [0.2, 0.25) is 5.91 Å². The fourth-order valence-electron chi connectivity index (χ4n) is 1.99. The number of carbonyl (C=O) groups excluding carboxylic acids is 2. The molecule has 1 heterocycles. The van der Waals surface area contributed by atoms with Crippen molar-refractivity contribution in [3.05, 3.63) is 53.0 Å². The molecule has 0 atom stereocenters. The predicted octanol–water partition coefficient (Wildman–Crippen LogP) is 2.03. The number of rotatable bonds is 7. The van der Waals surface area contributed by atoms with E-state index in [1.54, 1.807) is 12.2 Å². The Labute approximate surface area is 154 Å². The van der Waals surface area contributed by atoms with Crippen LogP contribution < -0.4 is 5.32 Å². The Morgan fingerprint density at radius 1 is 1.28 bits per heavy atom. The maximum absolute atomic E-state index is 12.3. The highest BCUT2D eigenvalue weighted by Gasteiger charge is 2.31. The number of carboxylic acids is 1. The summed E-state index contributed by atoms with van der Waals surface area (Å²) in [5.74, 6) is -1.81. The molecule has 0 unspecified atom stereocenters. The van der Waals surface area contributed by atoms with E-state index in [1.165, 1.54) is 16.7 Å². The molecule has 1 aromatic carbocycles. The van der Waals surface area contributed by atoms with Gasteiger partial charge in [0.05, 0.1) is 4.91 Å². The Bertz CT molecular complexity index is 744. The van der Waals surface area contributed by atoms with Crippen LogP contribution in [0.2, 0.25) is 0 Å². The summed E-state index contributed by atoms with van der Waals surface area (Å²) in [6.07, 6.45) is 5.34. The van der Waals surface area contributed by atoms with Crippen molar-refractivity contribution in [2.75, 3.05) is 13.1 Å². The number of carbonyl (C=O) groups is 3. The molecule has 0 saturated carbocycles. The molecule has 1 aromatic rings.